The highest BCUT2D eigenvalue weighted by Gasteiger charge is 2.43. The van der Waals surface area contributed by atoms with Gasteiger partial charge in [0.1, 0.15) is 0 Å². The van der Waals surface area contributed by atoms with Gasteiger partial charge in [-0.25, -0.2) is 0 Å². The Balaban J connectivity index is 2.18. The van der Waals surface area contributed by atoms with E-state index in [1.807, 2.05) is 0 Å². The molecular formula is C37H72N8. The number of unbranched alkanes of at least 4 members (excludes halogenated alkanes) is 2. The van der Waals surface area contributed by atoms with Gasteiger partial charge in [0.15, 0.2) is 0 Å². The van der Waals surface area contributed by atoms with E-state index in [0.29, 0.717) is 18.0 Å². The molecule has 45 heavy (non-hydrogen) atoms. The summed E-state index contributed by atoms with van der Waals surface area (Å²) in [7, 11) is 0. The van der Waals surface area contributed by atoms with Gasteiger partial charge in [-0.2, -0.15) is 15.0 Å². The molecule has 0 unspecified atom stereocenters. The molecule has 3 heterocycles. The Morgan fingerprint density at radius 1 is 0.644 bits per heavy atom. The maximum absolute atomic E-state index is 5.43. The first-order valence-corrected chi connectivity index (χ1v) is 18.1. The summed E-state index contributed by atoms with van der Waals surface area (Å²) >= 11 is 0. The quantitative estimate of drug-likeness (QED) is 0.201. The van der Waals surface area contributed by atoms with E-state index in [2.05, 4.69) is 130 Å². The van der Waals surface area contributed by atoms with Crippen molar-refractivity contribution in [2.45, 2.75) is 201 Å². The minimum Gasteiger partial charge on any atom is -0.349 e. The molecule has 0 atom stereocenters. The fourth-order valence-corrected chi connectivity index (χ4v) is 8.87. The number of rotatable bonds is 13. The van der Waals surface area contributed by atoms with E-state index < -0.39 is 0 Å². The van der Waals surface area contributed by atoms with Crippen molar-refractivity contribution in [3.05, 3.63) is 0 Å². The summed E-state index contributed by atoms with van der Waals surface area (Å²) < 4.78 is 0. The molecule has 3 rings (SSSR count). The Kier molecular flexibility index (Phi) is 11.6. The highest BCUT2D eigenvalue weighted by Crippen LogP contribution is 2.37. The van der Waals surface area contributed by atoms with Crippen molar-refractivity contribution >= 4 is 17.8 Å². The number of piperidine rings is 2. The van der Waals surface area contributed by atoms with Crippen LogP contribution in [-0.2, 0) is 0 Å². The van der Waals surface area contributed by atoms with Gasteiger partial charge in [-0.15, -0.1) is 0 Å². The van der Waals surface area contributed by atoms with Gasteiger partial charge in [0.25, 0.3) is 0 Å². The molecule has 0 bridgehead atoms. The summed E-state index contributed by atoms with van der Waals surface area (Å²) in [6.07, 6.45) is 9.70. The van der Waals surface area contributed by atoms with E-state index in [-0.39, 0.29) is 33.1 Å². The molecule has 260 valence electrons. The van der Waals surface area contributed by atoms with Crippen LogP contribution in [0.25, 0.3) is 0 Å². The van der Waals surface area contributed by atoms with Crippen molar-refractivity contribution in [2.24, 2.45) is 5.41 Å². The molecule has 8 heteroatoms. The van der Waals surface area contributed by atoms with Crippen LogP contribution in [0.5, 0.6) is 0 Å². The van der Waals surface area contributed by atoms with Crippen molar-refractivity contribution in [3.63, 3.8) is 0 Å². The number of hydrogen-bond donors (Lipinski definition) is 3. The van der Waals surface area contributed by atoms with E-state index in [1.54, 1.807) is 0 Å². The predicted octanol–water partition coefficient (Wildman–Crippen LogP) is 8.33. The Bertz CT molecular complexity index is 1000. The Morgan fingerprint density at radius 3 is 1.31 bits per heavy atom. The number of anilines is 3. The van der Waals surface area contributed by atoms with E-state index in [0.717, 1.165) is 82.8 Å². The van der Waals surface area contributed by atoms with Gasteiger partial charge in [-0.3, -0.25) is 0 Å². The summed E-state index contributed by atoms with van der Waals surface area (Å²) in [6.45, 7) is 36.7. The largest absolute Gasteiger partial charge is 0.349 e. The first-order valence-electron chi connectivity index (χ1n) is 18.1. The molecule has 0 amide bonds. The minimum absolute atomic E-state index is 0.0297. The number of nitrogens with one attached hydrogen (secondary N) is 3. The lowest BCUT2D eigenvalue weighted by molar-refractivity contribution is 0.157. The van der Waals surface area contributed by atoms with Crippen LogP contribution in [0, 0.1) is 5.41 Å². The van der Waals surface area contributed by atoms with Crippen LogP contribution >= 0.6 is 0 Å². The van der Waals surface area contributed by atoms with Crippen LogP contribution in [0.1, 0.15) is 162 Å². The molecular weight excluding hydrogens is 556 g/mol. The first-order chi connectivity index (χ1) is 20.4. The van der Waals surface area contributed by atoms with Crippen molar-refractivity contribution in [3.8, 4) is 0 Å². The molecule has 1 aromatic heterocycles. The van der Waals surface area contributed by atoms with Crippen LogP contribution in [-0.4, -0.2) is 67.8 Å². The third kappa shape index (κ3) is 11.5. The van der Waals surface area contributed by atoms with Crippen molar-refractivity contribution in [1.82, 2.24) is 25.6 Å². The highest BCUT2D eigenvalue weighted by molar-refractivity contribution is 5.48. The Labute approximate surface area is 278 Å². The van der Waals surface area contributed by atoms with Gasteiger partial charge in [-0.1, -0.05) is 47.5 Å². The van der Waals surface area contributed by atoms with Gasteiger partial charge in [0.05, 0.1) is 0 Å². The van der Waals surface area contributed by atoms with E-state index >= 15 is 0 Å². The molecule has 0 saturated carbocycles. The molecule has 2 aliphatic heterocycles. The number of nitrogens with zero attached hydrogens (tertiary/aromatic N) is 5. The van der Waals surface area contributed by atoms with Gasteiger partial charge < -0.3 is 25.8 Å². The molecule has 2 fully saturated rings. The molecule has 8 nitrogen and oxygen atoms in total. The summed E-state index contributed by atoms with van der Waals surface area (Å²) in [5.74, 6) is 2.36. The Hall–Kier alpha value is -1.67. The lowest BCUT2D eigenvalue weighted by Crippen LogP contribution is -2.63. The molecule has 1 aromatic rings. The summed E-state index contributed by atoms with van der Waals surface area (Å²) in [5.41, 5.74) is 0.121. The fraction of sp³-hybridized carbons (Fsp3) is 0.919. The zero-order chi connectivity index (χ0) is 34.1. The van der Waals surface area contributed by atoms with E-state index in [1.165, 1.54) is 0 Å². The molecule has 0 aliphatic carbocycles. The van der Waals surface area contributed by atoms with Gasteiger partial charge in [0, 0.05) is 52.9 Å². The maximum Gasteiger partial charge on any atom is 0.232 e. The third-order valence-corrected chi connectivity index (χ3v) is 9.27. The van der Waals surface area contributed by atoms with Crippen molar-refractivity contribution in [1.29, 1.82) is 0 Å². The second-order valence-electron chi connectivity index (χ2n) is 19.0. The van der Waals surface area contributed by atoms with Crippen LogP contribution in [0.3, 0.4) is 0 Å². The van der Waals surface area contributed by atoms with Gasteiger partial charge in [-0.05, 0) is 120 Å². The molecule has 2 saturated heterocycles. The monoisotopic (exact) mass is 629 g/mol. The van der Waals surface area contributed by atoms with Crippen LogP contribution in [0.15, 0.2) is 0 Å². The minimum atomic E-state index is -0.172. The van der Waals surface area contributed by atoms with Crippen LogP contribution in [0.2, 0.25) is 0 Å². The normalized spacial score (nSPS) is 21.8. The predicted molar refractivity (Wildman–Crippen MR) is 195 cm³/mol. The molecule has 0 aromatic carbocycles. The highest BCUT2D eigenvalue weighted by atomic mass is 15.4. The van der Waals surface area contributed by atoms with E-state index in [9.17, 15) is 0 Å². The second-order valence-corrected chi connectivity index (χ2v) is 19.0. The Morgan fingerprint density at radius 2 is 1.00 bits per heavy atom. The summed E-state index contributed by atoms with van der Waals surface area (Å²) in [4.78, 5) is 21.1. The zero-order valence-corrected chi connectivity index (χ0v) is 32.2. The van der Waals surface area contributed by atoms with E-state index in [4.69, 9.17) is 15.0 Å². The average Bonchev–Trinajstić information content (AvgIpc) is 2.78. The summed E-state index contributed by atoms with van der Waals surface area (Å²) in [6, 6.07) is 0.684. The van der Waals surface area contributed by atoms with Crippen molar-refractivity contribution in [2.75, 3.05) is 28.2 Å². The van der Waals surface area contributed by atoms with Gasteiger partial charge >= 0.3 is 0 Å². The summed E-state index contributed by atoms with van der Waals surface area (Å²) in [5, 5.41) is 11.6. The molecule has 0 radical (unpaired) electrons. The fourth-order valence-electron chi connectivity index (χ4n) is 8.87. The average molecular weight is 629 g/mol. The maximum atomic E-state index is 5.43. The van der Waals surface area contributed by atoms with Crippen LogP contribution < -0.4 is 25.8 Å². The van der Waals surface area contributed by atoms with Crippen molar-refractivity contribution < 1.29 is 0 Å². The molecule has 2 aliphatic rings. The van der Waals surface area contributed by atoms with Crippen LogP contribution in [0.4, 0.5) is 17.8 Å². The first kappa shape index (κ1) is 37.8. The standard InChI is InChI=1S/C37H72N8/c1-16-18-20-44(27-22-33(6,7)42-34(8,9)23-27)30-38-29(41-37(14,15)26-32(3,4)5)39-31(40-30)45(21-19-17-2)28-24-35(10,11)43-36(12,13)25-28/h27-28,42-43H,16-26H2,1-15H3,(H,38,39,40,41). The zero-order valence-electron chi connectivity index (χ0n) is 32.2. The smallest absolute Gasteiger partial charge is 0.232 e. The third-order valence-electron chi connectivity index (χ3n) is 9.27. The molecule has 0 spiro atoms. The molecule has 3 N–H and O–H groups in total. The number of hydrogen-bond acceptors (Lipinski definition) is 8. The number of aromatic nitrogens is 3. The second kappa shape index (κ2) is 13.8. The van der Waals surface area contributed by atoms with Gasteiger partial charge in [0.2, 0.25) is 17.8 Å². The lowest BCUT2D eigenvalue weighted by atomic mass is 9.79. The SMILES string of the molecule is CCCCN(c1nc(NC(C)(C)CC(C)(C)C)nc(N(CCCC)C2CC(C)(C)NC(C)(C)C2)n1)C1CC(C)(C)NC(C)(C)C1. The lowest BCUT2D eigenvalue weighted by Gasteiger charge is -2.50. The topological polar surface area (TPSA) is 81.2 Å².